The van der Waals surface area contributed by atoms with E-state index in [1.54, 1.807) is 0 Å². The molecule has 96 valence electrons. The third-order valence-electron chi connectivity index (χ3n) is 3.52. The number of hydrogen-bond acceptors (Lipinski definition) is 3. The first kappa shape index (κ1) is 12.2. The van der Waals surface area contributed by atoms with Gasteiger partial charge in [0, 0.05) is 6.04 Å². The number of amides is 1. The summed E-state index contributed by atoms with van der Waals surface area (Å²) in [6.45, 7) is 0. The van der Waals surface area contributed by atoms with E-state index in [2.05, 4.69) is 15.5 Å². The van der Waals surface area contributed by atoms with Crippen LogP contribution in [0, 0.1) is 11.8 Å². The molecule has 2 saturated carbocycles. The van der Waals surface area contributed by atoms with Crippen molar-refractivity contribution in [3.63, 3.8) is 0 Å². The van der Waals surface area contributed by atoms with Crippen LogP contribution in [0.5, 0.6) is 0 Å². The van der Waals surface area contributed by atoms with Crippen molar-refractivity contribution in [2.24, 2.45) is 11.8 Å². The molecule has 2 aliphatic carbocycles. The standard InChI is InChI=1S/C12H13Cl2N3O/c13-9-5-8(11(14)17-16-9)12(18)15-10(6-1-2-6)7-3-4-7/h5-7,10H,1-4H2,(H,15,18). The van der Waals surface area contributed by atoms with Crippen molar-refractivity contribution in [3.05, 3.63) is 21.9 Å². The number of carbonyl (C=O) groups excluding carboxylic acids is 1. The number of nitrogens with zero attached hydrogens (tertiary/aromatic N) is 2. The molecule has 0 unspecified atom stereocenters. The molecule has 18 heavy (non-hydrogen) atoms. The van der Waals surface area contributed by atoms with Gasteiger partial charge in [0.15, 0.2) is 10.3 Å². The molecule has 2 fully saturated rings. The lowest BCUT2D eigenvalue weighted by Crippen LogP contribution is -2.38. The van der Waals surface area contributed by atoms with Crippen LogP contribution < -0.4 is 5.32 Å². The molecule has 1 aromatic heterocycles. The summed E-state index contributed by atoms with van der Waals surface area (Å²) in [5, 5.41) is 10.6. The highest BCUT2D eigenvalue weighted by atomic mass is 35.5. The molecule has 0 radical (unpaired) electrons. The number of nitrogens with one attached hydrogen (secondary N) is 1. The summed E-state index contributed by atoms with van der Waals surface area (Å²) in [4.78, 5) is 12.2. The Kier molecular flexibility index (Phi) is 3.16. The Bertz CT molecular complexity index is 474. The van der Waals surface area contributed by atoms with Crippen molar-refractivity contribution in [1.82, 2.24) is 15.5 Å². The quantitative estimate of drug-likeness (QED) is 0.925. The molecule has 1 N–H and O–H groups in total. The Balaban J connectivity index is 1.75. The second-order valence-corrected chi connectivity index (χ2v) is 5.79. The van der Waals surface area contributed by atoms with Gasteiger partial charge in [0.05, 0.1) is 5.56 Å². The summed E-state index contributed by atoms with van der Waals surface area (Å²) in [5.41, 5.74) is 0.308. The summed E-state index contributed by atoms with van der Waals surface area (Å²) in [6, 6.07) is 1.75. The van der Waals surface area contributed by atoms with Gasteiger partial charge in [0.2, 0.25) is 0 Å². The van der Waals surface area contributed by atoms with Crippen LogP contribution >= 0.6 is 23.2 Å². The van der Waals surface area contributed by atoms with Gasteiger partial charge in [-0.2, -0.15) is 0 Å². The van der Waals surface area contributed by atoms with E-state index in [9.17, 15) is 4.79 Å². The molecule has 0 bridgehead atoms. The fourth-order valence-corrected chi connectivity index (χ4v) is 2.60. The van der Waals surface area contributed by atoms with Crippen molar-refractivity contribution < 1.29 is 4.79 Å². The van der Waals surface area contributed by atoms with Crippen LogP contribution in [-0.2, 0) is 0 Å². The fraction of sp³-hybridized carbons (Fsp3) is 0.583. The highest BCUT2D eigenvalue weighted by Crippen LogP contribution is 2.44. The first-order chi connectivity index (χ1) is 8.65. The van der Waals surface area contributed by atoms with E-state index < -0.39 is 0 Å². The highest BCUT2D eigenvalue weighted by molar-refractivity contribution is 6.34. The molecule has 0 aliphatic heterocycles. The van der Waals surface area contributed by atoms with E-state index in [1.165, 1.54) is 31.7 Å². The smallest absolute Gasteiger partial charge is 0.254 e. The minimum Gasteiger partial charge on any atom is -0.349 e. The van der Waals surface area contributed by atoms with Gasteiger partial charge in [-0.05, 0) is 43.6 Å². The van der Waals surface area contributed by atoms with Crippen LogP contribution in [0.4, 0.5) is 0 Å². The Morgan fingerprint density at radius 3 is 2.39 bits per heavy atom. The van der Waals surface area contributed by atoms with E-state index in [0.717, 1.165) is 0 Å². The maximum absolute atomic E-state index is 12.2. The van der Waals surface area contributed by atoms with Crippen molar-refractivity contribution in [1.29, 1.82) is 0 Å². The van der Waals surface area contributed by atoms with E-state index in [0.29, 0.717) is 23.4 Å². The van der Waals surface area contributed by atoms with Crippen LogP contribution in [0.25, 0.3) is 0 Å². The zero-order chi connectivity index (χ0) is 12.7. The van der Waals surface area contributed by atoms with Crippen molar-refractivity contribution >= 4 is 29.1 Å². The zero-order valence-corrected chi connectivity index (χ0v) is 11.2. The third-order valence-corrected chi connectivity index (χ3v) is 3.99. The molecule has 3 rings (SSSR count). The lowest BCUT2D eigenvalue weighted by atomic mass is 10.1. The second kappa shape index (κ2) is 4.67. The molecular weight excluding hydrogens is 273 g/mol. The molecule has 0 saturated heterocycles. The van der Waals surface area contributed by atoms with Gasteiger partial charge in [0.1, 0.15) is 0 Å². The zero-order valence-electron chi connectivity index (χ0n) is 9.70. The normalized spacial score (nSPS) is 19.1. The molecule has 0 spiro atoms. The summed E-state index contributed by atoms with van der Waals surface area (Å²) in [7, 11) is 0. The van der Waals surface area contributed by atoms with Gasteiger partial charge in [-0.1, -0.05) is 23.2 Å². The van der Waals surface area contributed by atoms with E-state index in [1.807, 2.05) is 0 Å². The largest absolute Gasteiger partial charge is 0.349 e. The monoisotopic (exact) mass is 285 g/mol. The van der Waals surface area contributed by atoms with Gasteiger partial charge < -0.3 is 5.32 Å². The summed E-state index contributed by atoms with van der Waals surface area (Å²) < 4.78 is 0. The van der Waals surface area contributed by atoms with E-state index in [4.69, 9.17) is 23.2 Å². The number of halogens is 2. The number of hydrogen-bond donors (Lipinski definition) is 1. The average Bonchev–Trinajstić information content (AvgIpc) is 3.21. The first-order valence-corrected chi connectivity index (χ1v) is 6.90. The molecule has 2 aliphatic rings. The van der Waals surface area contributed by atoms with Crippen molar-refractivity contribution in [3.8, 4) is 0 Å². The number of rotatable bonds is 4. The van der Waals surface area contributed by atoms with Crippen LogP contribution in [0.3, 0.4) is 0 Å². The molecule has 1 amide bonds. The Morgan fingerprint density at radius 1 is 1.22 bits per heavy atom. The maximum atomic E-state index is 12.2. The average molecular weight is 286 g/mol. The second-order valence-electron chi connectivity index (χ2n) is 5.05. The lowest BCUT2D eigenvalue weighted by molar-refractivity contribution is 0.0926. The van der Waals surface area contributed by atoms with Crippen LogP contribution in [-0.4, -0.2) is 22.1 Å². The van der Waals surface area contributed by atoms with E-state index >= 15 is 0 Å². The summed E-state index contributed by atoms with van der Waals surface area (Å²) in [6.07, 6.45) is 4.85. The van der Waals surface area contributed by atoms with Crippen LogP contribution in [0.1, 0.15) is 36.0 Å². The molecule has 0 atom stereocenters. The summed E-state index contributed by atoms with van der Waals surface area (Å²) in [5.74, 6) is 1.09. The van der Waals surface area contributed by atoms with Crippen LogP contribution in [0.15, 0.2) is 6.07 Å². The first-order valence-electron chi connectivity index (χ1n) is 6.14. The van der Waals surface area contributed by atoms with Crippen molar-refractivity contribution in [2.45, 2.75) is 31.7 Å². The molecule has 0 aromatic carbocycles. The van der Waals surface area contributed by atoms with E-state index in [-0.39, 0.29) is 16.2 Å². The number of aromatic nitrogens is 2. The van der Waals surface area contributed by atoms with Gasteiger partial charge in [-0.15, -0.1) is 10.2 Å². The molecule has 1 heterocycles. The molecule has 1 aromatic rings. The van der Waals surface area contributed by atoms with Gasteiger partial charge in [-0.25, -0.2) is 0 Å². The number of carbonyl (C=O) groups is 1. The Morgan fingerprint density at radius 2 is 1.83 bits per heavy atom. The molecule has 4 nitrogen and oxygen atoms in total. The minimum atomic E-state index is -0.194. The van der Waals surface area contributed by atoms with Gasteiger partial charge in [0.25, 0.3) is 5.91 Å². The Hall–Kier alpha value is -0.870. The third kappa shape index (κ3) is 2.59. The van der Waals surface area contributed by atoms with Crippen LogP contribution in [0.2, 0.25) is 10.3 Å². The fourth-order valence-electron chi connectivity index (χ4n) is 2.27. The maximum Gasteiger partial charge on any atom is 0.254 e. The predicted octanol–water partition coefficient (Wildman–Crippen LogP) is 2.70. The lowest BCUT2D eigenvalue weighted by Gasteiger charge is -2.17. The SMILES string of the molecule is O=C(NC(C1CC1)C1CC1)c1cc(Cl)nnc1Cl. The van der Waals surface area contributed by atoms with Crippen molar-refractivity contribution in [2.75, 3.05) is 0 Å². The predicted molar refractivity (Wildman–Crippen MR) is 68.8 cm³/mol. The van der Waals surface area contributed by atoms with Gasteiger partial charge >= 0.3 is 0 Å². The minimum absolute atomic E-state index is 0.0993. The highest BCUT2D eigenvalue weighted by Gasteiger charge is 2.42. The van der Waals surface area contributed by atoms with Gasteiger partial charge in [-0.3, -0.25) is 4.79 Å². The summed E-state index contributed by atoms with van der Waals surface area (Å²) >= 11 is 11.6. The molecule has 6 heteroatoms. The molecular formula is C12H13Cl2N3O. The Labute approximate surface area is 115 Å². The topological polar surface area (TPSA) is 54.9 Å².